The fraction of sp³-hybridized carbons (Fsp3) is 0.192. The third-order valence-electron chi connectivity index (χ3n) is 5.73. The van der Waals surface area contributed by atoms with Crippen LogP contribution in [-0.2, 0) is 5.88 Å². The molecule has 0 aliphatic rings. The number of thioether (sulfide) groups is 1. The van der Waals surface area contributed by atoms with Crippen molar-refractivity contribution in [2.75, 3.05) is 7.11 Å². The van der Waals surface area contributed by atoms with Gasteiger partial charge in [0.05, 0.1) is 24.1 Å². The van der Waals surface area contributed by atoms with Crippen molar-refractivity contribution in [3.63, 3.8) is 0 Å². The molecular formula is C26H24N6O2S. The molecule has 0 aliphatic carbocycles. The van der Waals surface area contributed by atoms with Gasteiger partial charge >= 0.3 is 0 Å². The van der Waals surface area contributed by atoms with Crippen LogP contribution in [0.1, 0.15) is 25.3 Å². The molecular weight excluding hydrogens is 460 g/mol. The number of hydrogen-bond acceptors (Lipinski definition) is 7. The largest absolute Gasteiger partial charge is 0.497 e. The highest BCUT2D eigenvalue weighted by molar-refractivity contribution is 7.98. The standard InChI is InChI=1S/C26H24N6O2S/c1-17(2)20-8-5-7-11-23(20)32-24(18-12-14-19(34-3)15-13-18)28-29-26(32)35-16-31-25(33)21-9-4-6-10-22(21)27-30-31/h4-15,17H,16H2,1-3H3. The molecule has 0 atom stereocenters. The first kappa shape index (κ1) is 22.8. The van der Waals surface area contributed by atoms with E-state index in [1.807, 2.05) is 53.1 Å². The molecule has 9 heteroatoms. The molecule has 0 unspecified atom stereocenters. The van der Waals surface area contributed by atoms with Crippen LogP contribution in [-0.4, -0.2) is 36.9 Å². The van der Waals surface area contributed by atoms with E-state index in [2.05, 4.69) is 46.5 Å². The number of aromatic nitrogens is 6. The lowest BCUT2D eigenvalue weighted by Gasteiger charge is -2.17. The molecule has 0 fully saturated rings. The van der Waals surface area contributed by atoms with Gasteiger partial charge in [-0.25, -0.2) is 0 Å². The van der Waals surface area contributed by atoms with Crippen molar-refractivity contribution in [1.82, 2.24) is 29.8 Å². The number of hydrogen-bond donors (Lipinski definition) is 0. The van der Waals surface area contributed by atoms with Crippen molar-refractivity contribution >= 4 is 22.7 Å². The van der Waals surface area contributed by atoms with Gasteiger partial charge in [-0.15, -0.1) is 15.3 Å². The summed E-state index contributed by atoms with van der Waals surface area (Å²) < 4.78 is 8.71. The molecule has 5 rings (SSSR count). The Morgan fingerprint density at radius 3 is 2.43 bits per heavy atom. The summed E-state index contributed by atoms with van der Waals surface area (Å²) in [7, 11) is 1.64. The van der Waals surface area contributed by atoms with Crippen LogP contribution in [0, 0.1) is 0 Å². The Morgan fingerprint density at radius 2 is 1.66 bits per heavy atom. The van der Waals surface area contributed by atoms with Crippen LogP contribution in [0.3, 0.4) is 0 Å². The average Bonchev–Trinajstić information content (AvgIpc) is 3.32. The van der Waals surface area contributed by atoms with Gasteiger partial charge in [-0.2, -0.15) is 4.68 Å². The zero-order chi connectivity index (χ0) is 24.4. The molecule has 0 saturated carbocycles. The number of methoxy groups -OCH3 is 1. The molecule has 0 N–H and O–H groups in total. The highest BCUT2D eigenvalue weighted by Crippen LogP contribution is 2.33. The molecule has 0 bridgehead atoms. The number of para-hydroxylation sites is 1. The Labute approximate surface area is 206 Å². The van der Waals surface area contributed by atoms with E-state index in [1.165, 1.54) is 22.0 Å². The number of nitrogens with zero attached hydrogens (tertiary/aromatic N) is 6. The molecule has 0 aliphatic heterocycles. The van der Waals surface area contributed by atoms with Crippen LogP contribution in [0.2, 0.25) is 0 Å². The van der Waals surface area contributed by atoms with Gasteiger partial charge in [0.15, 0.2) is 11.0 Å². The lowest BCUT2D eigenvalue weighted by molar-refractivity contribution is 0.415. The van der Waals surface area contributed by atoms with Crippen LogP contribution >= 0.6 is 11.8 Å². The van der Waals surface area contributed by atoms with Gasteiger partial charge in [0.1, 0.15) is 11.3 Å². The summed E-state index contributed by atoms with van der Waals surface area (Å²) in [5.74, 6) is 2.02. The molecule has 35 heavy (non-hydrogen) atoms. The van der Waals surface area contributed by atoms with E-state index in [9.17, 15) is 4.79 Å². The highest BCUT2D eigenvalue weighted by atomic mass is 32.2. The third-order valence-corrected chi connectivity index (χ3v) is 6.62. The van der Waals surface area contributed by atoms with E-state index >= 15 is 0 Å². The Hall–Kier alpha value is -3.98. The topological polar surface area (TPSA) is 87.7 Å². The van der Waals surface area contributed by atoms with Crippen LogP contribution in [0.5, 0.6) is 5.75 Å². The second-order valence-corrected chi connectivity index (χ2v) is 9.18. The summed E-state index contributed by atoms with van der Waals surface area (Å²) in [5, 5.41) is 18.5. The normalized spacial score (nSPS) is 11.3. The van der Waals surface area contributed by atoms with Gasteiger partial charge in [-0.05, 0) is 53.9 Å². The van der Waals surface area contributed by atoms with Crippen molar-refractivity contribution in [1.29, 1.82) is 0 Å². The smallest absolute Gasteiger partial charge is 0.278 e. The van der Waals surface area contributed by atoms with Crippen LogP contribution in [0.25, 0.3) is 28.0 Å². The van der Waals surface area contributed by atoms with Gasteiger partial charge in [-0.1, -0.05) is 61.2 Å². The predicted octanol–water partition coefficient (Wildman–Crippen LogP) is 4.92. The van der Waals surface area contributed by atoms with Crippen molar-refractivity contribution in [3.05, 3.63) is 88.7 Å². The third kappa shape index (κ3) is 4.42. The number of ether oxygens (including phenoxy) is 1. The Morgan fingerprint density at radius 1 is 0.914 bits per heavy atom. The second kappa shape index (κ2) is 9.71. The van der Waals surface area contributed by atoms with Crippen molar-refractivity contribution in [2.24, 2.45) is 0 Å². The van der Waals surface area contributed by atoms with E-state index in [4.69, 9.17) is 4.74 Å². The van der Waals surface area contributed by atoms with E-state index < -0.39 is 0 Å². The molecule has 2 aromatic heterocycles. The SMILES string of the molecule is COc1ccc(-c2nnc(SCn3nnc4ccccc4c3=O)n2-c2ccccc2C(C)C)cc1. The monoisotopic (exact) mass is 484 g/mol. The molecule has 3 aromatic carbocycles. The molecule has 2 heterocycles. The van der Waals surface area contributed by atoms with E-state index in [0.717, 1.165) is 17.0 Å². The van der Waals surface area contributed by atoms with E-state index in [0.29, 0.717) is 27.8 Å². The van der Waals surface area contributed by atoms with Crippen molar-refractivity contribution in [2.45, 2.75) is 30.8 Å². The van der Waals surface area contributed by atoms with Crippen LogP contribution in [0.4, 0.5) is 0 Å². The second-order valence-electron chi connectivity index (χ2n) is 8.27. The Balaban J connectivity index is 1.58. The van der Waals surface area contributed by atoms with Crippen molar-refractivity contribution in [3.8, 4) is 22.8 Å². The summed E-state index contributed by atoms with van der Waals surface area (Å²) in [6.07, 6.45) is 0. The summed E-state index contributed by atoms with van der Waals surface area (Å²) in [4.78, 5) is 12.9. The summed E-state index contributed by atoms with van der Waals surface area (Å²) in [5.41, 5.74) is 3.47. The fourth-order valence-electron chi connectivity index (χ4n) is 3.91. The minimum absolute atomic E-state index is 0.188. The molecule has 0 spiro atoms. The van der Waals surface area contributed by atoms with Crippen LogP contribution < -0.4 is 10.3 Å². The van der Waals surface area contributed by atoms with Gasteiger partial charge in [0, 0.05) is 5.56 Å². The molecule has 0 radical (unpaired) electrons. The molecule has 0 saturated heterocycles. The first-order chi connectivity index (χ1) is 17.1. The summed E-state index contributed by atoms with van der Waals surface area (Å²) in [6.45, 7) is 4.32. The average molecular weight is 485 g/mol. The lowest BCUT2D eigenvalue weighted by Crippen LogP contribution is -2.23. The highest BCUT2D eigenvalue weighted by Gasteiger charge is 2.20. The van der Waals surface area contributed by atoms with Gasteiger partial charge in [0.2, 0.25) is 0 Å². The van der Waals surface area contributed by atoms with E-state index in [1.54, 1.807) is 19.2 Å². The first-order valence-corrected chi connectivity index (χ1v) is 12.2. The number of benzene rings is 3. The zero-order valence-corrected chi connectivity index (χ0v) is 20.4. The van der Waals surface area contributed by atoms with Gasteiger partial charge < -0.3 is 4.74 Å². The maximum atomic E-state index is 12.9. The van der Waals surface area contributed by atoms with Gasteiger partial charge in [-0.3, -0.25) is 9.36 Å². The fourth-order valence-corrected chi connectivity index (χ4v) is 4.73. The zero-order valence-electron chi connectivity index (χ0n) is 19.6. The first-order valence-electron chi connectivity index (χ1n) is 11.2. The molecule has 0 amide bonds. The minimum atomic E-state index is -0.188. The number of rotatable bonds is 7. The molecule has 8 nitrogen and oxygen atoms in total. The minimum Gasteiger partial charge on any atom is -0.497 e. The van der Waals surface area contributed by atoms with Crippen molar-refractivity contribution < 1.29 is 4.74 Å². The maximum Gasteiger partial charge on any atom is 0.278 e. The van der Waals surface area contributed by atoms with Crippen LogP contribution in [0.15, 0.2) is 82.7 Å². The Kier molecular flexibility index (Phi) is 6.33. The lowest BCUT2D eigenvalue weighted by atomic mass is 10.0. The predicted molar refractivity (Wildman–Crippen MR) is 137 cm³/mol. The molecule has 176 valence electrons. The molecule has 5 aromatic rings. The van der Waals surface area contributed by atoms with E-state index in [-0.39, 0.29) is 11.4 Å². The summed E-state index contributed by atoms with van der Waals surface area (Å²) in [6, 6.07) is 23.2. The van der Waals surface area contributed by atoms with Gasteiger partial charge in [0.25, 0.3) is 5.56 Å². The maximum absolute atomic E-state index is 12.9. The summed E-state index contributed by atoms with van der Waals surface area (Å²) >= 11 is 1.39. The Bertz CT molecular complexity index is 1540. The quantitative estimate of drug-likeness (QED) is 0.303. The number of fused-ring (bicyclic) bond motifs is 1.